The molecule has 0 radical (unpaired) electrons. The second-order valence-electron chi connectivity index (χ2n) is 5.02. The van der Waals surface area contributed by atoms with Gasteiger partial charge in [0, 0.05) is 24.5 Å². The zero-order valence-corrected chi connectivity index (χ0v) is 10.0. The summed E-state index contributed by atoms with van der Waals surface area (Å²) in [6, 6.07) is 6.18. The first kappa shape index (κ1) is 11.3. The third-order valence-electron chi connectivity index (χ3n) is 3.47. The van der Waals surface area contributed by atoms with Crippen LogP contribution in [0.1, 0.15) is 25.3 Å². The van der Waals surface area contributed by atoms with Gasteiger partial charge in [-0.15, -0.1) is 0 Å². The average molecular weight is 220 g/mol. The van der Waals surface area contributed by atoms with Gasteiger partial charge in [0.1, 0.15) is 0 Å². The molecule has 1 aromatic carbocycles. The standard InChI is InChI=1S/C13H20N2O/c1-10-3-4-11(9-12(10)14)15-7-5-13(2,16)6-8-15/h3-4,9,16H,5-8,14H2,1-2H3. The number of nitrogens with zero attached hydrogens (tertiary/aromatic N) is 1. The quantitative estimate of drug-likeness (QED) is 0.711. The van der Waals surface area contributed by atoms with Gasteiger partial charge in [-0.2, -0.15) is 0 Å². The minimum atomic E-state index is -0.493. The molecule has 1 aliphatic heterocycles. The predicted octanol–water partition coefficient (Wildman–Crippen LogP) is 1.93. The van der Waals surface area contributed by atoms with Crippen molar-refractivity contribution in [1.29, 1.82) is 0 Å². The van der Waals surface area contributed by atoms with E-state index in [4.69, 9.17) is 5.73 Å². The highest BCUT2D eigenvalue weighted by molar-refractivity contribution is 5.59. The number of nitrogen functional groups attached to an aromatic ring is 1. The normalized spacial score (nSPS) is 19.8. The van der Waals surface area contributed by atoms with Gasteiger partial charge in [-0.1, -0.05) is 6.07 Å². The Morgan fingerprint density at radius 3 is 2.50 bits per heavy atom. The Labute approximate surface area is 96.9 Å². The molecule has 3 nitrogen and oxygen atoms in total. The lowest BCUT2D eigenvalue weighted by molar-refractivity contribution is 0.0351. The highest BCUT2D eigenvalue weighted by Gasteiger charge is 2.27. The summed E-state index contributed by atoms with van der Waals surface area (Å²) >= 11 is 0. The minimum Gasteiger partial charge on any atom is -0.398 e. The van der Waals surface area contributed by atoms with Crippen molar-refractivity contribution in [2.24, 2.45) is 0 Å². The highest BCUT2D eigenvalue weighted by atomic mass is 16.3. The van der Waals surface area contributed by atoms with Crippen molar-refractivity contribution in [2.75, 3.05) is 23.7 Å². The molecular weight excluding hydrogens is 200 g/mol. The molecule has 0 amide bonds. The fraction of sp³-hybridized carbons (Fsp3) is 0.538. The maximum atomic E-state index is 9.89. The summed E-state index contributed by atoms with van der Waals surface area (Å²) in [5, 5.41) is 9.89. The lowest BCUT2D eigenvalue weighted by atomic mass is 9.93. The van der Waals surface area contributed by atoms with Gasteiger partial charge in [-0.3, -0.25) is 0 Å². The van der Waals surface area contributed by atoms with Crippen LogP contribution in [0.3, 0.4) is 0 Å². The van der Waals surface area contributed by atoms with Crippen molar-refractivity contribution in [3.05, 3.63) is 23.8 Å². The van der Waals surface area contributed by atoms with Crippen molar-refractivity contribution < 1.29 is 5.11 Å². The van der Waals surface area contributed by atoms with Crippen LogP contribution in [0.4, 0.5) is 11.4 Å². The fourth-order valence-electron chi connectivity index (χ4n) is 2.07. The highest BCUT2D eigenvalue weighted by Crippen LogP contribution is 2.27. The lowest BCUT2D eigenvalue weighted by Gasteiger charge is -2.37. The van der Waals surface area contributed by atoms with Crippen molar-refractivity contribution in [3.8, 4) is 0 Å². The molecule has 0 unspecified atom stereocenters. The van der Waals surface area contributed by atoms with Crippen LogP contribution in [0, 0.1) is 6.92 Å². The average Bonchev–Trinajstić information content (AvgIpc) is 2.22. The molecule has 0 aromatic heterocycles. The molecule has 2 rings (SSSR count). The Morgan fingerprint density at radius 2 is 1.94 bits per heavy atom. The van der Waals surface area contributed by atoms with Crippen LogP contribution in [0.5, 0.6) is 0 Å². The van der Waals surface area contributed by atoms with E-state index in [0.29, 0.717) is 0 Å². The molecule has 1 aromatic rings. The zero-order chi connectivity index (χ0) is 11.8. The molecule has 1 aliphatic rings. The number of nitrogens with two attached hydrogens (primary N) is 1. The van der Waals surface area contributed by atoms with E-state index in [1.165, 1.54) is 5.69 Å². The summed E-state index contributed by atoms with van der Waals surface area (Å²) in [6.07, 6.45) is 1.64. The predicted molar refractivity (Wildman–Crippen MR) is 67.7 cm³/mol. The molecule has 0 saturated carbocycles. The third-order valence-corrected chi connectivity index (χ3v) is 3.47. The molecule has 0 spiro atoms. The van der Waals surface area contributed by atoms with E-state index in [0.717, 1.165) is 37.2 Å². The van der Waals surface area contributed by atoms with Crippen LogP contribution in [0.15, 0.2) is 18.2 Å². The van der Waals surface area contributed by atoms with E-state index in [-0.39, 0.29) is 0 Å². The topological polar surface area (TPSA) is 49.5 Å². The van der Waals surface area contributed by atoms with Gasteiger partial charge in [0.2, 0.25) is 0 Å². The number of aliphatic hydroxyl groups is 1. The van der Waals surface area contributed by atoms with Gasteiger partial charge in [0.05, 0.1) is 5.60 Å². The molecule has 1 fully saturated rings. The summed E-state index contributed by atoms with van der Waals surface area (Å²) in [4.78, 5) is 2.29. The molecule has 1 saturated heterocycles. The van der Waals surface area contributed by atoms with Crippen LogP contribution in [0.25, 0.3) is 0 Å². The smallest absolute Gasteiger partial charge is 0.0653 e. The first-order valence-corrected chi connectivity index (χ1v) is 5.81. The van der Waals surface area contributed by atoms with E-state index in [1.54, 1.807) is 0 Å². The second kappa shape index (κ2) is 3.98. The monoisotopic (exact) mass is 220 g/mol. The largest absolute Gasteiger partial charge is 0.398 e. The van der Waals surface area contributed by atoms with Gasteiger partial charge in [-0.05, 0) is 44.4 Å². The fourth-order valence-corrected chi connectivity index (χ4v) is 2.07. The van der Waals surface area contributed by atoms with Crippen LogP contribution in [0.2, 0.25) is 0 Å². The number of benzene rings is 1. The zero-order valence-electron chi connectivity index (χ0n) is 10.0. The van der Waals surface area contributed by atoms with Crippen molar-refractivity contribution in [1.82, 2.24) is 0 Å². The van der Waals surface area contributed by atoms with E-state index in [1.807, 2.05) is 19.9 Å². The molecule has 16 heavy (non-hydrogen) atoms. The summed E-state index contributed by atoms with van der Waals surface area (Å²) in [5.41, 5.74) is 8.54. The molecule has 3 heteroatoms. The summed E-state index contributed by atoms with van der Waals surface area (Å²) in [5.74, 6) is 0. The molecular formula is C13H20N2O. The number of anilines is 2. The van der Waals surface area contributed by atoms with E-state index < -0.39 is 5.60 Å². The maximum absolute atomic E-state index is 9.89. The number of aryl methyl sites for hydroxylation is 1. The SMILES string of the molecule is Cc1ccc(N2CCC(C)(O)CC2)cc1N. The van der Waals surface area contributed by atoms with E-state index >= 15 is 0 Å². The molecule has 88 valence electrons. The molecule has 0 bridgehead atoms. The second-order valence-corrected chi connectivity index (χ2v) is 5.02. The van der Waals surface area contributed by atoms with Gasteiger partial charge >= 0.3 is 0 Å². The number of rotatable bonds is 1. The Hall–Kier alpha value is -1.22. The van der Waals surface area contributed by atoms with Crippen LogP contribution < -0.4 is 10.6 Å². The van der Waals surface area contributed by atoms with E-state index in [9.17, 15) is 5.11 Å². The van der Waals surface area contributed by atoms with Gasteiger partial charge in [-0.25, -0.2) is 0 Å². The summed E-state index contributed by atoms with van der Waals surface area (Å²) < 4.78 is 0. The summed E-state index contributed by atoms with van der Waals surface area (Å²) in [6.45, 7) is 5.72. The third kappa shape index (κ3) is 2.30. The molecule has 0 aliphatic carbocycles. The Bertz CT molecular complexity index is 378. The Balaban J connectivity index is 2.11. The Morgan fingerprint density at radius 1 is 1.31 bits per heavy atom. The van der Waals surface area contributed by atoms with Crippen molar-refractivity contribution >= 4 is 11.4 Å². The number of piperidine rings is 1. The van der Waals surface area contributed by atoms with Gasteiger partial charge in [0.15, 0.2) is 0 Å². The number of hydrogen-bond acceptors (Lipinski definition) is 3. The van der Waals surface area contributed by atoms with Gasteiger partial charge in [0.25, 0.3) is 0 Å². The lowest BCUT2D eigenvalue weighted by Crippen LogP contribution is -2.42. The first-order chi connectivity index (χ1) is 7.48. The van der Waals surface area contributed by atoms with Crippen molar-refractivity contribution in [2.45, 2.75) is 32.3 Å². The maximum Gasteiger partial charge on any atom is 0.0653 e. The molecule has 0 atom stereocenters. The van der Waals surface area contributed by atoms with Gasteiger partial charge < -0.3 is 15.7 Å². The first-order valence-electron chi connectivity index (χ1n) is 5.81. The summed E-state index contributed by atoms with van der Waals surface area (Å²) in [7, 11) is 0. The minimum absolute atomic E-state index is 0.493. The molecule has 1 heterocycles. The van der Waals surface area contributed by atoms with Crippen LogP contribution in [-0.4, -0.2) is 23.8 Å². The van der Waals surface area contributed by atoms with Crippen LogP contribution in [-0.2, 0) is 0 Å². The van der Waals surface area contributed by atoms with E-state index in [2.05, 4.69) is 17.0 Å². The molecule has 3 N–H and O–H groups in total. The van der Waals surface area contributed by atoms with Crippen molar-refractivity contribution in [3.63, 3.8) is 0 Å². The van der Waals surface area contributed by atoms with Crippen LogP contribution >= 0.6 is 0 Å². The Kier molecular flexibility index (Phi) is 2.80. The number of hydrogen-bond donors (Lipinski definition) is 2.